The molecule has 236 valence electrons. The molecule has 1 atom stereocenters. The van der Waals surface area contributed by atoms with E-state index < -0.39 is 34.1 Å². The standard InChI is InChI=1S/C35H37BrClN3O4S/c1-25-20-29(37)18-19-31(25)40(45(43,44)30-16-9-6-10-17-30)24-33(41)39(23-27-14-11-15-28(36)21-27)32(34(42)38-35(2,3)4)22-26-12-7-5-8-13-26/h5-21,32H,22-24H2,1-4H3,(H,38,42)/t32-/m1/s1. The highest BCUT2D eigenvalue weighted by Gasteiger charge is 2.36. The zero-order valence-electron chi connectivity index (χ0n) is 25.7. The lowest BCUT2D eigenvalue weighted by Gasteiger charge is -2.35. The molecule has 4 aromatic carbocycles. The normalized spacial score (nSPS) is 12.3. The van der Waals surface area contributed by atoms with Crippen molar-refractivity contribution in [2.45, 2.75) is 57.1 Å². The SMILES string of the molecule is Cc1cc(Cl)ccc1N(CC(=O)N(Cc1cccc(Br)c1)[C@H](Cc1ccccc1)C(=O)NC(C)(C)C)S(=O)(=O)c1ccccc1. The van der Waals surface area contributed by atoms with Gasteiger partial charge in [-0.2, -0.15) is 0 Å². The van der Waals surface area contributed by atoms with Crippen LogP contribution in [0.25, 0.3) is 0 Å². The lowest BCUT2D eigenvalue weighted by atomic mass is 10.0. The third-order valence-electron chi connectivity index (χ3n) is 7.05. The zero-order chi connectivity index (χ0) is 32.8. The van der Waals surface area contributed by atoms with Crippen molar-refractivity contribution in [1.82, 2.24) is 10.2 Å². The molecule has 0 saturated heterocycles. The maximum Gasteiger partial charge on any atom is 0.264 e. The first kappa shape index (κ1) is 34.2. The van der Waals surface area contributed by atoms with Crippen LogP contribution in [0.15, 0.2) is 112 Å². The van der Waals surface area contributed by atoms with E-state index in [1.807, 2.05) is 75.4 Å². The number of aryl methyl sites for hydroxylation is 1. The maximum absolute atomic E-state index is 14.6. The summed E-state index contributed by atoms with van der Waals surface area (Å²) in [5, 5.41) is 3.48. The minimum absolute atomic E-state index is 0.0389. The van der Waals surface area contributed by atoms with E-state index in [1.165, 1.54) is 17.0 Å². The van der Waals surface area contributed by atoms with Crippen LogP contribution in [0, 0.1) is 6.92 Å². The van der Waals surface area contributed by atoms with Gasteiger partial charge >= 0.3 is 0 Å². The second-order valence-electron chi connectivity index (χ2n) is 11.9. The van der Waals surface area contributed by atoms with Crippen LogP contribution < -0.4 is 9.62 Å². The van der Waals surface area contributed by atoms with Crippen LogP contribution in [-0.2, 0) is 32.6 Å². The smallest absolute Gasteiger partial charge is 0.264 e. The van der Waals surface area contributed by atoms with Crippen LogP contribution in [-0.4, -0.2) is 43.3 Å². The van der Waals surface area contributed by atoms with E-state index in [2.05, 4.69) is 21.2 Å². The van der Waals surface area contributed by atoms with E-state index in [0.29, 0.717) is 16.3 Å². The van der Waals surface area contributed by atoms with Gasteiger partial charge in [-0.25, -0.2) is 8.42 Å². The lowest BCUT2D eigenvalue weighted by molar-refractivity contribution is -0.140. The Morgan fingerprint density at radius 3 is 2.09 bits per heavy atom. The molecule has 0 saturated carbocycles. The molecule has 0 heterocycles. The topological polar surface area (TPSA) is 86.8 Å². The first-order valence-corrected chi connectivity index (χ1v) is 17.1. The monoisotopic (exact) mass is 709 g/mol. The largest absolute Gasteiger partial charge is 0.350 e. The number of benzene rings is 4. The van der Waals surface area contributed by atoms with Crippen molar-refractivity contribution in [3.63, 3.8) is 0 Å². The van der Waals surface area contributed by atoms with E-state index in [1.54, 1.807) is 43.3 Å². The van der Waals surface area contributed by atoms with E-state index in [4.69, 9.17) is 11.6 Å². The Hall–Kier alpha value is -3.66. The molecule has 45 heavy (non-hydrogen) atoms. The van der Waals surface area contributed by atoms with Gasteiger partial charge in [0.2, 0.25) is 11.8 Å². The van der Waals surface area contributed by atoms with E-state index in [9.17, 15) is 18.0 Å². The van der Waals surface area contributed by atoms with E-state index in [-0.39, 0.29) is 23.8 Å². The highest BCUT2D eigenvalue weighted by Crippen LogP contribution is 2.30. The van der Waals surface area contributed by atoms with Gasteiger partial charge in [0.05, 0.1) is 10.6 Å². The molecule has 2 amide bonds. The maximum atomic E-state index is 14.6. The number of hydrogen-bond acceptors (Lipinski definition) is 4. The van der Waals surface area contributed by atoms with Crippen molar-refractivity contribution in [1.29, 1.82) is 0 Å². The molecule has 0 bridgehead atoms. The van der Waals surface area contributed by atoms with Gasteiger partial charge in [-0.1, -0.05) is 88.2 Å². The van der Waals surface area contributed by atoms with Gasteiger partial charge < -0.3 is 10.2 Å². The quantitative estimate of drug-likeness (QED) is 0.179. The molecule has 4 rings (SSSR count). The van der Waals surface area contributed by atoms with Crippen molar-refractivity contribution in [2.75, 3.05) is 10.8 Å². The summed E-state index contributed by atoms with van der Waals surface area (Å²) in [4.78, 5) is 30.1. The second-order valence-corrected chi connectivity index (χ2v) is 15.1. The summed E-state index contributed by atoms with van der Waals surface area (Å²) in [5.74, 6) is -0.872. The molecule has 0 aliphatic carbocycles. The van der Waals surface area contributed by atoms with Crippen LogP contribution in [0.1, 0.15) is 37.5 Å². The molecule has 10 heteroatoms. The van der Waals surface area contributed by atoms with Crippen LogP contribution >= 0.6 is 27.5 Å². The number of halogens is 2. The Balaban J connectivity index is 1.84. The molecule has 0 aliphatic rings. The summed E-state index contributed by atoms with van der Waals surface area (Å²) in [6.45, 7) is 6.91. The number of hydrogen-bond donors (Lipinski definition) is 1. The third-order valence-corrected chi connectivity index (χ3v) is 9.55. The molecule has 0 spiro atoms. The Morgan fingerprint density at radius 1 is 0.867 bits per heavy atom. The van der Waals surface area contributed by atoms with Crippen molar-refractivity contribution in [3.8, 4) is 0 Å². The summed E-state index contributed by atoms with van der Waals surface area (Å²) < 4.78 is 30.2. The average molecular weight is 711 g/mol. The van der Waals surface area contributed by atoms with Crippen LogP contribution in [0.5, 0.6) is 0 Å². The van der Waals surface area contributed by atoms with E-state index in [0.717, 1.165) is 19.9 Å². The summed E-state index contributed by atoms with van der Waals surface area (Å²) in [7, 11) is -4.20. The fourth-order valence-electron chi connectivity index (χ4n) is 4.97. The molecular formula is C35H37BrClN3O4S. The molecule has 1 N–H and O–H groups in total. The zero-order valence-corrected chi connectivity index (χ0v) is 28.9. The lowest BCUT2D eigenvalue weighted by Crippen LogP contribution is -2.56. The Labute approximate surface area is 279 Å². The highest BCUT2D eigenvalue weighted by atomic mass is 79.9. The molecule has 0 radical (unpaired) electrons. The number of carbonyl (C=O) groups is 2. The third kappa shape index (κ3) is 9.19. The van der Waals surface area contributed by atoms with Gasteiger partial charge in [-0.05, 0) is 86.8 Å². The van der Waals surface area contributed by atoms with Crippen molar-refractivity contribution >= 4 is 55.1 Å². The van der Waals surface area contributed by atoms with Crippen molar-refractivity contribution in [2.24, 2.45) is 0 Å². The molecule has 4 aromatic rings. The number of carbonyl (C=O) groups excluding carboxylic acids is 2. The molecular weight excluding hydrogens is 674 g/mol. The minimum atomic E-state index is -4.20. The number of amides is 2. The molecule has 7 nitrogen and oxygen atoms in total. The minimum Gasteiger partial charge on any atom is -0.350 e. The van der Waals surface area contributed by atoms with Crippen molar-refractivity contribution < 1.29 is 18.0 Å². The number of nitrogens with zero attached hydrogens (tertiary/aromatic N) is 2. The summed E-state index contributed by atoms with van der Waals surface area (Å²) in [5.41, 5.74) is 1.97. The van der Waals surface area contributed by atoms with Crippen LogP contribution in [0.2, 0.25) is 5.02 Å². The van der Waals surface area contributed by atoms with Crippen LogP contribution in [0.3, 0.4) is 0 Å². The fraction of sp³-hybridized carbons (Fsp3) is 0.257. The number of sulfonamides is 1. The average Bonchev–Trinajstić information content (AvgIpc) is 2.98. The molecule has 0 aromatic heterocycles. The number of rotatable bonds is 11. The molecule has 0 fully saturated rings. The van der Waals surface area contributed by atoms with Gasteiger partial charge in [-0.3, -0.25) is 13.9 Å². The number of nitrogens with one attached hydrogen (secondary N) is 1. The first-order chi connectivity index (χ1) is 21.2. The van der Waals surface area contributed by atoms with Crippen molar-refractivity contribution in [3.05, 3.63) is 129 Å². The van der Waals surface area contributed by atoms with Gasteiger partial charge in [0.25, 0.3) is 10.0 Å². The number of anilines is 1. The predicted molar refractivity (Wildman–Crippen MR) is 184 cm³/mol. The van der Waals surface area contributed by atoms with E-state index >= 15 is 0 Å². The summed E-state index contributed by atoms with van der Waals surface area (Å²) in [6, 6.07) is 28.8. The van der Waals surface area contributed by atoms with Gasteiger partial charge in [-0.15, -0.1) is 0 Å². The van der Waals surface area contributed by atoms with Gasteiger partial charge in [0.1, 0.15) is 12.6 Å². The molecule has 0 unspecified atom stereocenters. The Morgan fingerprint density at radius 2 is 1.49 bits per heavy atom. The predicted octanol–water partition coefficient (Wildman–Crippen LogP) is 7.16. The summed E-state index contributed by atoms with van der Waals surface area (Å²) in [6.07, 6.45) is 0.230. The highest BCUT2D eigenvalue weighted by molar-refractivity contribution is 9.10. The Kier molecular flexibility index (Phi) is 11.1. The van der Waals surface area contributed by atoms with Gasteiger partial charge in [0, 0.05) is 28.0 Å². The Bertz CT molecular complexity index is 1750. The fourth-order valence-corrected chi connectivity index (χ4v) is 7.14. The summed E-state index contributed by atoms with van der Waals surface area (Å²) >= 11 is 9.73. The van der Waals surface area contributed by atoms with Gasteiger partial charge in [0.15, 0.2) is 0 Å². The van der Waals surface area contributed by atoms with Crippen LogP contribution in [0.4, 0.5) is 5.69 Å². The second kappa shape index (κ2) is 14.6. The molecule has 0 aliphatic heterocycles. The first-order valence-electron chi connectivity index (χ1n) is 14.5.